The van der Waals surface area contributed by atoms with E-state index in [4.69, 9.17) is 17.0 Å². The Labute approximate surface area is 129 Å². The number of hydrazine groups is 1. The third-order valence-corrected chi connectivity index (χ3v) is 4.47. The van der Waals surface area contributed by atoms with Crippen LogP contribution in [0.1, 0.15) is 22.5 Å². The van der Waals surface area contributed by atoms with Gasteiger partial charge in [-0.1, -0.05) is 0 Å². The topological polar surface area (TPSA) is 62.4 Å². The summed E-state index contributed by atoms with van der Waals surface area (Å²) >= 11 is 9.74. The van der Waals surface area contributed by atoms with Crippen LogP contribution in [-0.4, -0.2) is 30.3 Å². The largest absolute Gasteiger partial charge is 0.376 e. The van der Waals surface area contributed by atoms with Gasteiger partial charge >= 0.3 is 0 Å². The summed E-state index contributed by atoms with van der Waals surface area (Å²) in [5, 5.41) is 3.40. The second kappa shape index (κ2) is 7.18. The Morgan fingerprint density at radius 3 is 3.00 bits per heavy atom. The SMILES string of the molecule is O=C(NNC(=S)NCC1CCCO1)c1ccc(Br)s1. The van der Waals surface area contributed by atoms with E-state index in [-0.39, 0.29) is 12.0 Å². The van der Waals surface area contributed by atoms with Crippen LogP contribution in [0.4, 0.5) is 0 Å². The summed E-state index contributed by atoms with van der Waals surface area (Å²) in [7, 11) is 0. The van der Waals surface area contributed by atoms with Gasteiger partial charge < -0.3 is 10.1 Å². The lowest BCUT2D eigenvalue weighted by molar-refractivity contribution is 0.0947. The van der Waals surface area contributed by atoms with Gasteiger partial charge in [-0.05, 0) is 53.1 Å². The van der Waals surface area contributed by atoms with E-state index in [1.54, 1.807) is 6.07 Å². The fourth-order valence-corrected chi connectivity index (χ4v) is 3.08. The lowest BCUT2D eigenvalue weighted by Crippen LogP contribution is -2.48. The van der Waals surface area contributed by atoms with Crippen LogP contribution in [0, 0.1) is 0 Å². The number of amides is 1. The summed E-state index contributed by atoms with van der Waals surface area (Å²) in [5.74, 6) is -0.211. The van der Waals surface area contributed by atoms with Crippen LogP contribution in [-0.2, 0) is 4.74 Å². The van der Waals surface area contributed by atoms with E-state index in [1.807, 2.05) is 6.07 Å². The van der Waals surface area contributed by atoms with Crippen LogP contribution >= 0.6 is 39.5 Å². The molecule has 1 aliphatic heterocycles. The van der Waals surface area contributed by atoms with Gasteiger partial charge in [0, 0.05) is 13.2 Å². The van der Waals surface area contributed by atoms with Crippen molar-refractivity contribution in [2.24, 2.45) is 0 Å². The van der Waals surface area contributed by atoms with Crippen LogP contribution in [0.2, 0.25) is 0 Å². The lowest BCUT2D eigenvalue weighted by atomic mass is 10.2. The van der Waals surface area contributed by atoms with Crippen LogP contribution in [0.3, 0.4) is 0 Å². The number of thiocarbonyl (C=S) groups is 1. The molecule has 0 saturated carbocycles. The number of ether oxygens (including phenoxy) is 1. The van der Waals surface area contributed by atoms with Gasteiger partial charge in [0.15, 0.2) is 5.11 Å². The first kappa shape index (κ1) is 14.7. The van der Waals surface area contributed by atoms with Crippen molar-refractivity contribution in [1.82, 2.24) is 16.2 Å². The number of hydrogen-bond donors (Lipinski definition) is 3. The van der Waals surface area contributed by atoms with Gasteiger partial charge in [-0.15, -0.1) is 11.3 Å². The van der Waals surface area contributed by atoms with Crippen molar-refractivity contribution in [2.45, 2.75) is 18.9 Å². The molecule has 0 aliphatic carbocycles. The van der Waals surface area contributed by atoms with Crippen molar-refractivity contribution in [3.8, 4) is 0 Å². The molecule has 0 bridgehead atoms. The van der Waals surface area contributed by atoms with Gasteiger partial charge in [-0.25, -0.2) is 0 Å². The van der Waals surface area contributed by atoms with E-state index in [9.17, 15) is 4.79 Å². The minimum absolute atomic E-state index is 0.211. The molecule has 8 heteroatoms. The summed E-state index contributed by atoms with van der Waals surface area (Å²) in [6.45, 7) is 1.47. The number of carbonyl (C=O) groups excluding carboxylic acids is 1. The van der Waals surface area contributed by atoms with Gasteiger partial charge in [-0.2, -0.15) is 0 Å². The maximum absolute atomic E-state index is 11.7. The van der Waals surface area contributed by atoms with Gasteiger partial charge in [-0.3, -0.25) is 15.6 Å². The molecule has 1 aromatic rings. The molecule has 0 spiro atoms. The summed E-state index contributed by atoms with van der Waals surface area (Å²) in [6.07, 6.45) is 2.35. The zero-order valence-electron chi connectivity index (χ0n) is 10.1. The van der Waals surface area contributed by atoms with Gasteiger partial charge in [0.1, 0.15) is 0 Å². The highest BCUT2D eigenvalue weighted by Crippen LogP contribution is 2.21. The van der Waals surface area contributed by atoms with E-state index >= 15 is 0 Å². The molecule has 1 unspecified atom stereocenters. The van der Waals surface area contributed by atoms with Crippen LogP contribution in [0.15, 0.2) is 15.9 Å². The summed E-state index contributed by atoms with van der Waals surface area (Å²) in [4.78, 5) is 12.3. The fourth-order valence-electron chi connectivity index (χ4n) is 1.67. The first-order valence-electron chi connectivity index (χ1n) is 5.86. The molecule has 0 radical (unpaired) electrons. The maximum atomic E-state index is 11.7. The lowest BCUT2D eigenvalue weighted by Gasteiger charge is -2.14. The maximum Gasteiger partial charge on any atom is 0.279 e. The molecule has 1 aromatic heterocycles. The molecule has 3 N–H and O–H groups in total. The number of thiophene rings is 1. The highest BCUT2D eigenvalue weighted by Gasteiger charge is 2.15. The fraction of sp³-hybridized carbons (Fsp3) is 0.455. The number of hydrogen-bond acceptors (Lipinski definition) is 4. The minimum Gasteiger partial charge on any atom is -0.376 e. The second-order valence-corrected chi connectivity index (χ2v) is 6.90. The Hall–Kier alpha value is -0.700. The van der Waals surface area contributed by atoms with E-state index < -0.39 is 0 Å². The molecule has 5 nitrogen and oxygen atoms in total. The van der Waals surface area contributed by atoms with E-state index in [0.29, 0.717) is 16.5 Å². The van der Waals surface area contributed by atoms with Crippen molar-refractivity contribution >= 4 is 50.5 Å². The van der Waals surface area contributed by atoms with E-state index in [2.05, 4.69) is 32.1 Å². The van der Waals surface area contributed by atoms with Crippen molar-refractivity contribution in [3.63, 3.8) is 0 Å². The average molecular weight is 364 g/mol. The number of halogens is 1. The van der Waals surface area contributed by atoms with Crippen molar-refractivity contribution in [3.05, 3.63) is 20.8 Å². The minimum atomic E-state index is -0.211. The first-order valence-corrected chi connectivity index (χ1v) is 7.88. The van der Waals surface area contributed by atoms with Crippen molar-refractivity contribution in [2.75, 3.05) is 13.2 Å². The summed E-state index contributed by atoms with van der Waals surface area (Å²) in [6, 6.07) is 3.57. The molecule has 1 saturated heterocycles. The Morgan fingerprint density at radius 1 is 1.53 bits per heavy atom. The number of nitrogens with one attached hydrogen (secondary N) is 3. The van der Waals surface area contributed by atoms with Crippen LogP contribution in [0.5, 0.6) is 0 Å². The van der Waals surface area contributed by atoms with Crippen molar-refractivity contribution < 1.29 is 9.53 Å². The summed E-state index contributed by atoms with van der Waals surface area (Å²) < 4.78 is 6.37. The Bertz CT molecular complexity index is 461. The molecule has 104 valence electrons. The Balaban J connectivity index is 1.66. The van der Waals surface area contributed by atoms with E-state index in [0.717, 1.165) is 23.2 Å². The first-order chi connectivity index (χ1) is 9.15. The predicted molar refractivity (Wildman–Crippen MR) is 82.2 cm³/mol. The molecule has 1 aliphatic rings. The van der Waals surface area contributed by atoms with Gasteiger partial charge in [0.25, 0.3) is 5.91 Å². The van der Waals surface area contributed by atoms with E-state index in [1.165, 1.54) is 11.3 Å². The zero-order valence-corrected chi connectivity index (χ0v) is 13.3. The zero-order chi connectivity index (χ0) is 13.7. The number of carbonyl (C=O) groups is 1. The molecule has 2 heterocycles. The Morgan fingerprint density at radius 2 is 2.37 bits per heavy atom. The molecule has 0 aromatic carbocycles. The standard InChI is InChI=1S/C11H14BrN3O2S2/c12-9-4-3-8(19-9)10(16)14-15-11(18)13-6-7-2-1-5-17-7/h3-4,7H,1-2,5-6H2,(H,14,16)(H2,13,15,18). The smallest absolute Gasteiger partial charge is 0.279 e. The average Bonchev–Trinajstić information content (AvgIpc) is 3.04. The molecule has 19 heavy (non-hydrogen) atoms. The third-order valence-electron chi connectivity index (χ3n) is 2.60. The van der Waals surface area contributed by atoms with Crippen LogP contribution in [0.25, 0.3) is 0 Å². The Kier molecular flexibility index (Phi) is 5.56. The molecular weight excluding hydrogens is 350 g/mol. The highest BCUT2D eigenvalue weighted by molar-refractivity contribution is 9.11. The van der Waals surface area contributed by atoms with Gasteiger partial charge in [0.05, 0.1) is 14.8 Å². The monoisotopic (exact) mass is 363 g/mol. The third kappa shape index (κ3) is 4.72. The normalized spacial score (nSPS) is 18.1. The van der Waals surface area contributed by atoms with Crippen LogP contribution < -0.4 is 16.2 Å². The molecule has 1 amide bonds. The molecule has 1 fully saturated rings. The molecular formula is C11H14BrN3O2S2. The number of rotatable bonds is 3. The molecule has 2 rings (SSSR count). The predicted octanol–water partition coefficient (Wildman–Crippen LogP) is 1.80. The molecule has 1 atom stereocenters. The van der Waals surface area contributed by atoms with Gasteiger partial charge in [0.2, 0.25) is 0 Å². The highest BCUT2D eigenvalue weighted by atomic mass is 79.9. The summed E-state index contributed by atoms with van der Waals surface area (Å²) in [5.41, 5.74) is 5.21. The quantitative estimate of drug-likeness (QED) is 0.564. The van der Waals surface area contributed by atoms with Crippen molar-refractivity contribution in [1.29, 1.82) is 0 Å². The second-order valence-electron chi connectivity index (χ2n) is 4.03.